The summed E-state index contributed by atoms with van der Waals surface area (Å²) in [5.74, 6) is -0.674. The molecule has 0 bridgehead atoms. The van der Waals surface area contributed by atoms with E-state index in [4.69, 9.17) is 5.11 Å². The summed E-state index contributed by atoms with van der Waals surface area (Å²) in [7, 11) is 0. The summed E-state index contributed by atoms with van der Waals surface area (Å²) in [5, 5.41) is 11.7. The molecule has 0 saturated heterocycles. The molecule has 1 heterocycles. The Hall–Kier alpha value is -1.42. The van der Waals surface area contributed by atoms with Crippen molar-refractivity contribution in [2.45, 2.75) is 71.1 Å². The summed E-state index contributed by atoms with van der Waals surface area (Å²) in [6, 6.07) is 0. The van der Waals surface area contributed by atoms with Crippen LogP contribution in [0, 0.1) is 6.92 Å². The maximum absolute atomic E-state index is 10.4. The lowest BCUT2D eigenvalue weighted by Crippen LogP contribution is -1.93. The smallest absolute Gasteiger partial charge is 0.303 e. The molecule has 3 nitrogen and oxygen atoms in total. The number of carboxylic acid groups (broad SMARTS) is 1. The van der Waals surface area contributed by atoms with Gasteiger partial charge in [-0.2, -0.15) is 0 Å². The van der Waals surface area contributed by atoms with Crippen LogP contribution in [0.5, 0.6) is 0 Å². The van der Waals surface area contributed by atoms with Gasteiger partial charge in [-0.25, -0.2) is 4.98 Å². The molecule has 0 aliphatic rings. The molecule has 1 aromatic heterocycles. The number of nitrogens with zero attached hydrogens (tertiary/aromatic N) is 1. The molecule has 128 valence electrons. The minimum Gasteiger partial charge on any atom is -0.481 e. The molecule has 0 radical (unpaired) electrons. The highest BCUT2D eigenvalue weighted by Gasteiger charge is 1.96. The largest absolute Gasteiger partial charge is 0.481 e. The fourth-order valence-electron chi connectivity index (χ4n) is 2.33. The maximum Gasteiger partial charge on any atom is 0.303 e. The van der Waals surface area contributed by atoms with Gasteiger partial charge in [-0.15, -0.1) is 11.3 Å². The second-order valence-electron chi connectivity index (χ2n) is 5.80. The van der Waals surface area contributed by atoms with Crippen molar-refractivity contribution < 1.29 is 9.90 Å². The molecule has 0 aliphatic heterocycles. The number of hydrogen-bond donors (Lipinski definition) is 1. The minimum atomic E-state index is -0.674. The average molecular weight is 336 g/mol. The van der Waals surface area contributed by atoms with Crippen LogP contribution in [0.3, 0.4) is 0 Å². The van der Waals surface area contributed by atoms with Crippen molar-refractivity contribution in [3.05, 3.63) is 34.3 Å². The second-order valence-corrected chi connectivity index (χ2v) is 6.86. The number of aromatic nitrogens is 1. The van der Waals surface area contributed by atoms with E-state index < -0.39 is 5.97 Å². The molecule has 0 aromatic carbocycles. The van der Waals surface area contributed by atoms with Gasteiger partial charge in [0, 0.05) is 11.8 Å². The van der Waals surface area contributed by atoms with Gasteiger partial charge in [-0.3, -0.25) is 4.79 Å². The summed E-state index contributed by atoms with van der Waals surface area (Å²) in [6.07, 6.45) is 19.2. The number of carboxylic acids is 1. The number of hydrogen-bond acceptors (Lipinski definition) is 3. The fraction of sp³-hybridized carbons (Fsp3) is 0.579. The fourth-order valence-corrected chi connectivity index (χ4v) is 2.92. The van der Waals surface area contributed by atoms with Crippen LogP contribution >= 0.6 is 11.3 Å². The van der Waals surface area contributed by atoms with Crippen molar-refractivity contribution in [1.29, 1.82) is 0 Å². The van der Waals surface area contributed by atoms with E-state index in [2.05, 4.69) is 34.7 Å². The predicted octanol–water partition coefficient (Wildman–Crippen LogP) is 6.01. The van der Waals surface area contributed by atoms with Crippen LogP contribution in [0.1, 0.15) is 74.9 Å². The molecule has 0 fully saturated rings. The zero-order valence-electron chi connectivity index (χ0n) is 14.2. The van der Waals surface area contributed by atoms with Gasteiger partial charge in [0.1, 0.15) is 0 Å². The average Bonchev–Trinajstić information content (AvgIpc) is 2.93. The van der Waals surface area contributed by atoms with Crippen molar-refractivity contribution in [2.24, 2.45) is 0 Å². The lowest BCUT2D eigenvalue weighted by Gasteiger charge is -1.99. The SMILES string of the molecule is Cc1nc(C=CCCC=CCCCCCCCCC(=O)O)cs1. The van der Waals surface area contributed by atoms with Gasteiger partial charge >= 0.3 is 5.97 Å². The van der Waals surface area contributed by atoms with Crippen LogP contribution in [0.15, 0.2) is 23.6 Å². The molecular weight excluding hydrogens is 306 g/mol. The summed E-state index contributed by atoms with van der Waals surface area (Å²) in [4.78, 5) is 14.8. The van der Waals surface area contributed by atoms with Crippen molar-refractivity contribution in [2.75, 3.05) is 0 Å². The molecule has 0 amide bonds. The van der Waals surface area contributed by atoms with Gasteiger partial charge in [0.05, 0.1) is 10.7 Å². The zero-order valence-corrected chi connectivity index (χ0v) is 15.0. The third kappa shape index (κ3) is 11.8. The van der Waals surface area contributed by atoms with Gasteiger partial charge in [0.15, 0.2) is 0 Å². The van der Waals surface area contributed by atoms with E-state index in [9.17, 15) is 4.79 Å². The molecule has 1 rings (SSSR count). The lowest BCUT2D eigenvalue weighted by molar-refractivity contribution is -0.137. The first-order valence-electron chi connectivity index (χ1n) is 8.64. The van der Waals surface area contributed by atoms with Crippen LogP contribution < -0.4 is 0 Å². The first kappa shape index (κ1) is 19.6. The summed E-state index contributed by atoms with van der Waals surface area (Å²) in [6.45, 7) is 2.03. The molecule has 0 aliphatic carbocycles. The minimum absolute atomic E-state index is 0.319. The summed E-state index contributed by atoms with van der Waals surface area (Å²) in [5.41, 5.74) is 1.07. The molecule has 1 aromatic rings. The number of rotatable bonds is 13. The van der Waals surface area contributed by atoms with Crippen molar-refractivity contribution >= 4 is 23.4 Å². The number of aryl methyl sites for hydroxylation is 1. The first-order valence-corrected chi connectivity index (χ1v) is 9.52. The highest BCUT2D eigenvalue weighted by molar-refractivity contribution is 7.09. The molecule has 4 heteroatoms. The van der Waals surface area contributed by atoms with Crippen LogP contribution in [0.4, 0.5) is 0 Å². The normalized spacial score (nSPS) is 11.7. The van der Waals surface area contributed by atoms with E-state index in [0.717, 1.165) is 49.2 Å². The predicted molar refractivity (Wildman–Crippen MR) is 98.8 cm³/mol. The first-order chi connectivity index (χ1) is 11.2. The van der Waals surface area contributed by atoms with E-state index in [1.165, 1.54) is 19.3 Å². The second kappa shape index (κ2) is 13.1. The Morgan fingerprint density at radius 1 is 1.04 bits per heavy atom. The number of thiazole rings is 1. The highest BCUT2D eigenvalue weighted by Crippen LogP contribution is 2.11. The molecule has 0 spiro atoms. The molecule has 23 heavy (non-hydrogen) atoms. The third-order valence-corrected chi connectivity index (χ3v) is 4.40. The molecule has 1 N–H and O–H groups in total. The Morgan fingerprint density at radius 2 is 1.70 bits per heavy atom. The van der Waals surface area contributed by atoms with E-state index in [1.54, 1.807) is 11.3 Å². The lowest BCUT2D eigenvalue weighted by atomic mass is 10.1. The van der Waals surface area contributed by atoms with Crippen molar-refractivity contribution in [1.82, 2.24) is 4.98 Å². The Morgan fingerprint density at radius 3 is 2.39 bits per heavy atom. The number of unbranched alkanes of at least 4 members (excludes halogenated alkanes) is 7. The van der Waals surface area contributed by atoms with Crippen molar-refractivity contribution in [3.8, 4) is 0 Å². The van der Waals surface area contributed by atoms with E-state index in [0.29, 0.717) is 6.42 Å². The van der Waals surface area contributed by atoms with Crippen LogP contribution in [-0.2, 0) is 4.79 Å². The van der Waals surface area contributed by atoms with E-state index in [1.807, 2.05) is 6.92 Å². The van der Waals surface area contributed by atoms with Gasteiger partial charge in [-0.05, 0) is 45.1 Å². The molecular formula is C19H29NO2S. The molecule has 0 atom stereocenters. The maximum atomic E-state index is 10.4. The summed E-state index contributed by atoms with van der Waals surface area (Å²) >= 11 is 1.69. The quantitative estimate of drug-likeness (QED) is 0.355. The topological polar surface area (TPSA) is 50.2 Å². The van der Waals surface area contributed by atoms with Crippen LogP contribution in [-0.4, -0.2) is 16.1 Å². The number of allylic oxidation sites excluding steroid dienone is 3. The number of carbonyl (C=O) groups is 1. The summed E-state index contributed by atoms with van der Waals surface area (Å²) < 4.78 is 0. The third-order valence-electron chi connectivity index (χ3n) is 3.60. The Labute approximate surface area is 144 Å². The number of aliphatic carboxylic acids is 1. The van der Waals surface area contributed by atoms with E-state index >= 15 is 0 Å². The Balaban J connectivity index is 1.87. The Bertz CT molecular complexity index is 491. The van der Waals surface area contributed by atoms with Crippen LogP contribution in [0.2, 0.25) is 0 Å². The standard InChI is InChI=1S/C19H29NO2S/c1-17-20-18(16-23-17)14-12-10-8-6-4-2-3-5-7-9-11-13-15-19(21)22/h4,6,12,14,16H,2-3,5,7-11,13,15H2,1H3,(H,21,22). The highest BCUT2D eigenvalue weighted by atomic mass is 32.1. The zero-order chi connectivity index (χ0) is 16.8. The molecule has 0 unspecified atom stereocenters. The van der Waals surface area contributed by atoms with Crippen molar-refractivity contribution in [3.63, 3.8) is 0 Å². The van der Waals surface area contributed by atoms with Gasteiger partial charge in [-0.1, -0.05) is 43.9 Å². The van der Waals surface area contributed by atoms with Gasteiger partial charge < -0.3 is 5.11 Å². The van der Waals surface area contributed by atoms with Crippen LogP contribution in [0.25, 0.3) is 6.08 Å². The Kier molecular flexibility index (Phi) is 11.1. The van der Waals surface area contributed by atoms with Gasteiger partial charge in [0.2, 0.25) is 0 Å². The van der Waals surface area contributed by atoms with Gasteiger partial charge in [0.25, 0.3) is 0 Å². The van der Waals surface area contributed by atoms with E-state index in [-0.39, 0.29) is 0 Å². The molecule has 0 saturated carbocycles. The monoisotopic (exact) mass is 335 g/mol.